The van der Waals surface area contributed by atoms with Crippen LogP contribution in [0.3, 0.4) is 0 Å². The van der Waals surface area contributed by atoms with Crippen molar-refractivity contribution < 1.29 is 0 Å². The molecule has 0 N–H and O–H groups in total. The van der Waals surface area contributed by atoms with Gasteiger partial charge in [-0.15, -0.1) is 0 Å². The highest BCUT2D eigenvalue weighted by Crippen LogP contribution is 2.41. The summed E-state index contributed by atoms with van der Waals surface area (Å²) in [5.41, 5.74) is 0. The molecule has 0 radical (unpaired) electrons. The van der Waals surface area contributed by atoms with Gasteiger partial charge in [0, 0.05) is 21.8 Å². The van der Waals surface area contributed by atoms with Crippen LogP contribution >= 0.6 is 26.8 Å². The lowest BCUT2D eigenvalue weighted by Crippen LogP contribution is -1.77. The van der Waals surface area contributed by atoms with Crippen LogP contribution in [0.15, 0.2) is 50.8 Å². The Morgan fingerprint density at radius 2 is 1.92 bits per heavy atom. The van der Waals surface area contributed by atoms with Gasteiger partial charge >= 0.3 is 0 Å². The Kier molecular flexibility index (Phi) is 2.33. The molecule has 1 aliphatic heterocycles. The molecule has 2 rings (SSSR count). The topological polar surface area (TPSA) is 12.9 Å². The van der Waals surface area contributed by atoms with Crippen LogP contribution in [0.25, 0.3) is 0 Å². The molecule has 0 fully saturated rings. The highest BCUT2D eigenvalue weighted by Gasteiger charge is 2.02. The van der Waals surface area contributed by atoms with E-state index < -0.39 is 0 Å². The Bertz CT molecular complexity index is 334. The van der Waals surface area contributed by atoms with Crippen molar-refractivity contribution in [1.29, 1.82) is 0 Å². The van der Waals surface area contributed by atoms with E-state index in [2.05, 4.69) is 49.9 Å². The molecule has 1 aromatic rings. The summed E-state index contributed by atoms with van der Waals surface area (Å²) in [7, 11) is -0.210. The van der Waals surface area contributed by atoms with Gasteiger partial charge in [0.1, 0.15) is 0 Å². The van der Waals surface area contributed by atoms with Gasteiger partial charge in [-0.3, -0.25) is 4.98 Å². The minimum Gasteiger partial charge on any atom is -0.262 e. The van der Waals surface area contributed by atoms with Crippen molar-refractivity contribution in [1.82, 2.24) is 4.98 Å². The lowest BCUT2D eigenvalue weighted by Gasteiger charge is -2.08. The Labute approximate surface area is 82.7 Å². The molecule has 0 unspecified atom stereocenters. The molecule has 12 heavy (non-hydrogen) atoms. The van der Waals surface area contributed by atoms with Crippen molar-refractivity contribution in [2.45, 2.75) is 4.90 Å². The van der Waals surface area contributed by atoms with Crippen LogP contribution in [0, 0.1) is 0 Å². The maximum Gasteiger partial charge on any atom is 0.0410 e. The fraction of sp³-hybridized carbons (Fsp3) is 0. The SMILES string of the molecule is Brc1cncc([SH]2C=CC=C2)c1. The Hall–Kier alpha value is -0.540. The molecule has 0 bridgehead atoms. The molecule has 0 saturated carbocycles. The zero-order valence-electron chi connectivity index (χ0n) is 6.31. The second-order valence-electron chi connectivity index (χ2n) is 2.45. The first-order valence-corrected chi connectivity index (χ1v) is 5.87. The van der Waals surface area contributed by atoms with E-state index in [0.717, 1.165) is 4.47 Å². The lowest BCUT2D eigenvalue weighted by molar-refractivity contribution is 1.22. The highest BCUT2D eigenvalue weighted by atomic mass is 79.9. The van der Waals surface area contributed by atoms with Gasteiger partial charge in [0.15, 0.2) is 0 Å². The van der Waals surface area contributed by atoms with Crippen molar-refractivity contribution in [3.05, 3.63) is 45.9 Å². The van der Waals surface area contributed by atoms with Crippen molar-refractivity contribution in [2.24, 2.45) is 0 Å². The van der Waals surface area contributed by atoms with E-state index in [4.69, 9.17) is 0 Å². The minimum atomic E-state index is -0.210. The standard InChI is InChI=1S/C9H8BrNS/c10-8-5-9(7-11-6-8)12-3-1-2-4-12/h1-7,12H. The molecule has 0 aliphatic carbocycles. The van der Waals surface area contributed by atoms with Crippen LogP contribution < -0.4 is 0 Å². The zero-order valence-corrected chi connectivity index (χ0v) is 8.79. The van der Waals surface area contributed by atoms with Crippen LogP contribution in [-0.4, -0.2) is 4.98 Å². The van der Waals surface area contributed by atoms with Gasteiger partial charge in [-0.2, -0.15) is 10.9 Å². The Morgan fingerprint density at radius 1 is 1.17 bits per heavy atom. The summed E-state index contributed by atoms with van der Waals surface area (Å²) in [5.74, 6) is 0. The number of allylic oxidation sites excluding steroid dienone is 2. The molecule has 1 aromatic heterocycles. The first-order chi connectivity index (χ1) is 5.86. The monoisotopic (exact) mass is 241 g/mol. The Morgan fingerprint density at radius 3 is 2.58 bits per heavy atom. The molecule has 0 atom stereocenters. The van der Waals surface area contributed by atoms with Crippen LogP contribution in [0.4, 0.5) is 0 Å². The summed E-state index contributed by atoms with van der Waals surface area (Å²) in [5, 5.41) is 4.44. The molecule has 1 nitrogen and oxygen atoms in total. The first-order valence-electron chi connectivity index (χ1n) is 3.60. The molecule has 2 heterocycles. The summed E-state index contributed by atoms with van der Waals surface area (Å²) in [6.07, 6.45) is 7.91. The number of thiol groups is 1. The van der Waals surface area contributed by atoms with Crippen molar-refractivity contribution in [2.75, 3.05) is 0 Å². The average molecular weight is 242 g/mol. The van der Waals surface area contributed by atoms with E-state index in [-0.39, 0.29) is 10.9 Å². The molecule has 62 valence electrons. The van der Waals surface area contributed by atoms with Crippen LogP contribution in [0.2, 0.25) is 0 Å². The van der Waals surface area contributed by atoms with E-state index in [1.54, 1.807) is 0 Å². The third-order valence-corrected chi connectivity index (χ3v) is 3.85. The summed E-state index contributed by atoms with van der Waals surface area (Å²) in [6.45, 7) is 0. The molecule has 3 heteroatoms. The molecule has 0 saturated heterocycles. The van der Waals surface area contributed by atoms with Crippen LogP contribution in [0.5, 0.6) is 0 Å². The van der Waals surface area contributed by atoms with Crippen molar-refractivity contribution >= 4 is 26.8 Å². The average Bonchev–Trinajstić information content (AvgIpc) is 2.56. The highest BCUT2D eigenvalue weighted by molar-refractivity contribution is 9.10. The second kappa shape index (κ2) is 3.46. The predicted octanol–water partition coefficient (Wildman–Crippen LogP) is 3.25. The van der Waals surface area contributed by atoms with Gasteiger partial charge < -0.3 is 0 Å². The van der Waals surface area contributed by atoms with Crippen LogP contribution in [0.1, 0.15) is 0 Å². The molecule has 0 spiro atoms. The Balaban J connectivity index is 2.34. The summed E-state index contributed by atoms with van der Waals surface area (Å²) >= 11 is 3.41. The van der Waals surface area contributed by atoms with E-state index in [0.29, 0.717) is 0 Å². The molecular formula is C9H8BrNS. The van der Waals surface area contributed by atoms with Gasteiger partial charge in [-0.05, 0) is 32.8 Å². The van der Waals surface area contributed by atoms with E-state index in [9.17, 15) is 0 Å². The fourth-order valence-corrected chi connectivity index (χ4v) is 3.09. The molecule has 1 aliphatic rings. The molecule has 0 aromatic carbocycles. The molecular weight excluding hydrogens is 234 g/mol. The van der Waals surface area contributed by atoms with Gasteiger partial charge in [0.25, 0.3) is 0 Å². The maximum atomic E-state index is 4.13. The second-order valence-corrected chi connectivity index (χ2v) is 5.29. The van der Waals surface area contributed by atoms with Crippen molar-refractivity contribution in [3.8, 4) is 0 Å². The van der Waals surface area contributed by atoms with E-state index in [1.807, 2.05) is 12.4 Å². The number of aromatic nitrogens is 1. The number of pyridine rings is 1. The van der Waals surface area contributed by atoms with Crippen molar-refractivity contribution in [3.63, 3.8) is 0 Å². The van der Waals surface area contributed by atoms with Gasteiger partial charge in [-0.1, -0.05) is 12.2 Å². The maximum absolute atomic E-state index is 4.13. The number of nitrogens with zero attached hydrogens (tertiary/aromatic N) is 1. The minimum absolute atomic E-state index is 0.210. The zero-order chi connectivity index (χ0) is 8.39. The third-order valence-electron chi connectivity index (χ3n) is 1.59. The predicted molar refractivity (Wildman–Crippen MR) is 57.5 cm³/mol. The normalized spacial score (nSPS) is 17.2. The van der Waals surface area contributed by atoms with Gasteiger partial charge in [0.05, 0.1) is 0 Å². The lowest BCUT2D eigenvalue weighted by atomic mass is 10.5. The number of hydrogen-bond acceptors (Lipinski definition) is 1. The smallest absolute Gasteiger partial charge is 0.0410 e. The number of halogens is 1. The number of rotatable bonds is 1. The third kappa shape index (κ3) is 1.62. The van der Waals surface area contributed by atoms with Crippen LogP contribution in [-0.2, 0) is 0 Å². The summed E-state index contributed by atoms with van der Waals surface area (Å²) < 4.78 is 1.05. The number of hydrogen-bond donors (Lipinski definition) is 1. The largest absolute Gasteiger partial charge is 0.262 e. The molecule has 0 amide bonds. The summed E-state index contributed by atoms with van der Waals surface area (Å²) in [4.78, 5) is 5.43. The quantitative estimate of drug-likeness (QED) is 0.746. The van der Waals surface area contributed by atoms with Gasteiger partial charge in [0.2, 0.25) is 0 Å². The van der Waals surface area contributed by atoms with E-state index in [1.165, 1.54) is 4.90 Å². The van der Waals surface area contributed by atoms with E-state index >= 15 is 0 Å². The first kappa shape index (κ1) is 8.08. The fourth-order valence-electron chi connectivity index (χ4n) is 1.05. The van der Waals surface area contributed by atoms with Gasteiger partial charge in [-0.25, -0.2) is 0 Å². The summed E-state index contributed by atoms with van der Waals surface area (Å²) in [6, 6.07) is 2.12.